The zero-order valence-electron chi connectivity index (χ0n) is 6.43. The lowest BCUT2D eigenvalue weighted by molar-refractivity contribution is 0.584. The summed E-state index contributed by atoms with van der Waals surface area (Å²) in [5, 5.41) is 0.468. The van der Waals surface area contributed by atoms with Gasteiger partial charge in [-0.15, -0.1) is 0 Å². The van der Waals surface area contributed by atoms with Gasteiger partial charge in [0.05, 0.1) is 0 Å². The molecule has 0 amide bonds. The summed E-state index contributed by atoms with van der Waals surface area (Å²) in [7, 11) is 0. The molecule has 4 N–H and O–H groups in total. The van der Waals surface area contributed by atoms with Crippen LogP contribution in [0.5, 0.6) is 0 Å². The zero-order valence-corrected chi connectivity index (χ0v) is 7.18. The standard InChI is InChI=1S/C8H10ClFN2/c9-5-1-2-7(10)6(3-5)8(12)4-11/h1-3,8H,4,11-12H2. The van der Waals surface area contributed by atoms with Crippen LogP contribution in [0.4, 0.5) is 4.39 Å². The molecule has 0 fully saturated rings. The van der Waals surface area contributed by atoms with Crippen LogP contribution in [0.25, 0.3) is 0 Å². The Bertz CT molecular complexity index is 278. The van der Waals surface area contributed by atoms with Crippen molar-refractivity contribution in [3.05, 3.63) is 34.6 Å². The molecule has 0 spiro atoms. The number of halogens is 2. The first-order valence-corrected chi connectivity index (χ1v) is 3.93. The fraction of sp³-hybridized carbons (Fsp3) is 0.250. The van der Waals surface area contributed by atoms with Crippen LogP contribution in [-0.4, -0.2) is 6.54 Å². The molecule has 0 bridgehead atoms. The Labute approximate surface area is 75.3 Å². The number of benzene rings is 1. The van der Waals surface area contributed by atoms with Crippen LogP contribution in [0, 0.1) is 5.82 Å². The smallest absolute Gasteiger partial charge is 0.128 e. The third-order valence-electron chi connectivity index (χ3n) is 1.61. The number of nitrogens with two attached hydrogens (primary N) is 2. The Morgan fingerprint density at radius 1 is 1.50 bits per heavy atom. The minimum absolute atomic E-state index is 0.206. The predicted octanol–water partition coefficient (Wildman–Crippen LogP) is 1.44. The molecule has 1 aromatic carbocycles. The van der Waals surface area contributed by atoms with Crippen molar-refractivity contribution in [3.8, 4) is 0 Å². The van der Waals surface area contributed by atoms with E-state index in [-0.39, 0.29) is 12.4 Å². The van der Waals surface area contributed by atoms with Crippen molar-refractivity contribution in [2.24, 2.45) is 11.5 Å². The van der Waals surface area contributed by atoms with Gasteiger partial charge in [0.25, 0.3) is 0 Å². The van der Waals surface area contributed by atoms with Gasteiger partial charge in [0.2, 0.25) is 0 Å². The van der Waals surface area contributed by atoms with Crippen LogP contribution in [0.15, 0.2) is 18.2 Å². The maximum atomic E-state index is 13.0. The molecule has 0 aliphatic carbocycles. The number of hydrogen-bond donors (Lipinski definition) is 2. The summed E-state index contributed by atoms with van der Waals surface area (Å²) in [6, 6.07) is 3.77. The summed E-state index contributed by atoms with van der Waals surface area (Å²) < 4.78 is 13.0. The van der Waals surface area contributed by atoms with Crippen molar-refractivity contribution in [2.75, 3.05) is 6.54 Å². The molecule has 4 heteroatoms. The Morgan fingerprint density at radius 2 is 2.17 bits per heavy atom. The second-order valence-corrected chi connectivity index (χ2v) is 2.94. The molecular weight excluding hydrogens is 179 g/mol. The summed E-state index contributed by atoms with van der Waals surface area (Å²) in [6.07, 6.45) is 0. The monoisotopic (exact) mass is 188 g/mol. The molecule has 1 rings (SSSR count). The molecule has 0 aliphatic heterocycles. The fourth-order valence-electron chi connectivity index (χ4n) is 0.926. The van der Waals surface area contributed by atoms with Crippen LogP contribution >= 0.6 is 11.6 Å². The highest BCUT2D eigenvalue weighted by Gasteiger charge is 2.09. The molecule has 0 saturated heterocycles. The van der Waals surface area contributed by atoms with Crippen LogP contribution in [0.1, 0.15) is 11.6 Å². The van der Waals surface area contributed by atoms with E-state index in [1.165, 1.54) is 18.2 Å². The molecule has 1 aromatic rings. The van der Waals surface area contributed by atoms with E-state index in [0.29, 0.717) is 10.6 Å². The SMILES string of the molecule is NCC(N)c1cc(Cl)ccc1F. The van der Waals surface area contributed by atoms with Crippen LogP contribution in [-0.2, 0) is 0 Å². The molecule has 0 saturated carbocycles. The molecule has 0 radical (unpaired) electrons. The molecule has 0 heterocycles. The van der Waals surface area contributed by atoms with E-state index >= 15 is 0 Å². The van der Waals surface area contributed by atoms with Gasteiger partial charge >= 0.3 is 0 Å². The van der Waals surface area contributed by atoms with Crippen molar-refractivity contribution in [2.45, 2.75) is 6.04 Å². The van der Waals surface area contributed by atoms with Crippen molar-refractivity contribution in [1.29, 1.82) is 0 Å². The van der Waals surface area contributed by atoms with E-state index in [0.717, 1.165) is 0 Å². The highest BCUT2D eigenvalue weighted by Crippen LogP contribution is 2.18. The highest BCUT2D eigenvalue weighted by molar-refractivity contribution is 6.30. The second-order valence-electron chi connectivity index (χ2n) is 2.51. The van der Waals surface area contributed by atoms with Crippen LogP contribution in [0.2, 0.25) is 5.02 Å². The van der Waals surface area contributed by atoms with Gasteiger partial charge in [-0.05, 0) is 18.2 Å². The second kappa shape index (κ2) is 3.85. The average Bonchev–Trinajstić information content (AvgIpc) is 2.08. The summed E-state index contributed by atoms with van der Waals surface area (Å²) >= 11 is 5.65. The third kappa shape index (κ3) is 1.94. The topological polar surface area (TPSA) is 52.0 Å². The number of hydrogen-bond acceptors (Lipinski definition) is 2. The van der Waals surface area contributed by atoms with Gasteiger partial charge < -0.3 is 11.5 Å². The van der Waals surface area contributed by atoms with E-state index in [1.807, 2.05) is 0 Å². The molecule has 2 nitrogen and oxygen atoms in total. The van der Waals surface area contributed by atoms with E-state index in [4.69, 9.17) is 23.1 Å². The Hall–Kier alpha value is -0.640. The van der Waals surface area contributed by atoms with Crippen molar-refractivity contribution >= 4 is 11.6 Å². The molecule has 0 aliphatic rings. The van der Waals surface area contributed by atoms with Gasteiger partial charge in [0, 0.05) is 23.2 Å². The molecule has 0 aromatic heterocycles. The van der Waals surface area contributed by atoms with Gasteiger partial charge in [0.1, 0.15) is 5.82 Å². The lowest BCUT2D eigenvalue weighted by Crippen LogP contribution is -2.21. The Balaban J connectivity index is 3.04. The van der Waals surface area contributed by atoms with Gasteiger partial charge in [-0.2, -0.15) is 0 Å². The van der Waals surface area contributed by atoms with Gasteiger partial charge in [0.15, 0.2) is 0 Å². The zero-order chi connectivity index (χ0) is 9.14. The highest BCUT2D eigenvalue weighted by atomic mass is 35.5. The lowest BCUT2D eigenvalue weighted by atomic mass is 10.1. The number of rotatable bonds is 2. The Kier molecular flexibility index (Phi) is 3.03. The molecule has 1 unspecified atom stereocenters. The molecule has 66 valence electrons. The van der Waals surface area contributed by atoms with E-state index < -0.39 is 6.04 Å². The maximum absolute atomic E-state index is 13.0. The largest absolute Gasteiger partial charge is 0.329 e. The summed E-state index contributed by atoms with van der Waals surface area (Å²) in [6.45, 7) is 0.206. The van der Waals surface area contributed by atoms with E-state index in [9.17, 15) is 4.39 Å². The molecule has 12 heavy (non-hydrogen) atoms. The normalized spacial score (nSPS) is 13.0. The first-order chi connectivity index (χ1) is 5.65. The predicted molar refractivity (Wildman–Crippen MR) is 47.4 cm³/mol. The minimum atomic E-state index is -0.483. The fourth-order valence-corrected chi connectivity index (χ4v) is 1.11. The van der Waals surface area contributed by atoms with Gasteiger partial charge in [-0.3, -0.25) is 0 Å². The summed E-state index contributed by atoms with van der Waals surface area (Å²) in [5.41, 5.74) is 11.2. The molecular formula is C8H10ClFN2. The van der Waals surface area contributed by atoms with Gasteiger partial charge in [-0.1, -0.05) is 11.6 Å². The first kappa shape index (κ1) is 9.45. The summed E-state index contributed by atoms with van der Waals surface area (Å²) in [4.78, 5) is 0. The van der Waals surface area contributed by atoms with Gasteiger partial charge in [-0.25, -0.2) is 4.39 Å². The maximum Gasteiger partial charge on any atom is 0.128 e. The molecule has 1 atom stereocenters. The van der Waals surface area contributed by atoms with E-state index in [1.54, 1.807) is 0 Å². The first-order valence-electron chi connectivity index (χ1n) is 3.55. The minimum Gasteiger partial charge on any atom is -0.329 e. The van der Waals surface area contributed by atoms with Crippen molar-refractivity contribution in [3.63, 3.8) is 0 Å². The Morgan fingerprint density at radius 3 is 2.75 bits per heavy atom. The van der Waals surface area contributed by atoms with Crippen LogP contribution < -0.4 is 11.5 Å². The third-order valence-corrected chi connectivity index (χ3v) is 1.85. The summed E-state index contributed by atoms with van der Waals surface area (Å²) in [5.74, 6) is -0.364. The lowest BCUT2D eigenvalue weighted by Gasteiger charge is -2.09. The van der Waals surface area contributed by atoms with Crippen LogP contribution in [0.3, 0.4) is 0 Å². The quantitative estimate of drug-likeness (QED) is 0.738. The average molecular weight is 189 g/mol. The van der Waals surface area contributed by atoms with Crippen molar-refractivity contribution < 1.29 is 4.39 Å². The van der Waals surface area contributed by atoms with Crippen molar-refractivity contribution in [1.82, 2.24) is 0 Å². The van der Waals surface area contributed by atoms with E-state index in [2.05, 4.69) is 0 Å².